The van der Waals surface area contributed by atoms with Crippen molar-refractivity contribution in [3.05, 3.63) is 182 Å². The minimum Gasteiger partial charge on any atom is -0.309 e. The molecule has 0 unspecified atom stereocenters. The van der Waals surface area contributed by atoms with E-state index in [0.717, 1.165) is 49.2 Å². The first kappa shape index (κ1) is 28.4. The van der Waals surface area contributed by atoms with Crippen LogP contribution < -0.4 is 15.9 Å². The Morgan fingerprint density at radius 3 is 1.52 bits per heavy atom. The van der Waals surface area contributed by atoms with Gasteiger partial charge in [0.1, 0.15) is 0 Å². The fourth-order valence-corrected chi connectivity index (χ4v) is 9.89. The molecule has 0 amide bonds. The second-order valence-corrected chi connectivity index (χ2v) is 15.0. The molecule has 0 fully saturated rings. The van der Waals surface area contributed by atoms with Crippen LogP contribution in [0.15, 0.2) is 182 Å². The Morgan fingerprint density at radius 1 is 0.354 bits per heavy atom. The molecule has 0 saturated heterocycles. The van der Waals surface area contributed by atoms with Gasteiger partial charge in [0, 0.05) is 37.6 Å². The van der Waals surface area contributed by atoms with Crippen molar-refractivity contribution in [2.24, 2.45) is 0 Å². The van der Waals surface area contributed by atoms with Crippen LogP contribution in [0.25, 0.3) is 65.6 Å². The molecule has 0 atom stereocenters. The van der Waals surface area contributed by atoms with Gasteiger partial charge in [0.2, 0.25) is 0 Å². The number of aromatic nitrogens is 1. The third-order valence-electron chi connectivity index (χ3n) is 9.52. The van der Waals surface area contributed by atoms with E-state index in [9.17, 15) is 4.57 Å². The standard InChI is InChI=1S/C45H30NOP/c47-48(34-16-6-2-7-17-34,35-18-8-3-9-19-35)36-27-24-31(25-28-36)33-26-29-39-41(30-33)37-20-10-11-21-38(37)43-40-22-12-13-23-42(40)46-45(44(39)43)32-14-4-1-5-15-32/h1-30H. The lowest BCUT2D eigenvalue weighted by molar-refractivity contribution is 0.592. The van der Waals surface area contributed by atoms with Crippen LogP contribution in [0, 0.1) is 0 Å². The lowest BCUT2D eigenvalue weighted by Gasteiger charge is -2.20. The Bertz CT molecular complexity index is 2630. The summed E-state index contributed by atoms with van der Waals surface area (Å²) >= 11 is 0. The van der Waals surface area contributed by atoms with Crippen molar-refractivity contribution in [2.45, 2.75) is 0 Å². The molecule has 48 heavy (non-hydrogen) atoms. The summed E-state index contributed by atoms with van der Waals surface area (Å²) in [4.78, 5) is 5.27. The summed E-state index contributed by atoms with van der Waals surface area (Å²) in [6.45, 7) is 0. The number of pyridine rings is 1. The first-order valence-corrected chi connectivity index (χ1v) is 18.0. The molecule has 1 aromatic heterocycles. The molecule has 0 saturated carbocycles. The van der Waals surface area contributed by atoms with Crippen molar-refractivity contribution >= 4 is 66.3 Å². The molecule has 0 radical (unpaired) electrons. The Labute approximate surface area is 279 Å². The van der Waals surface area contributed by atoms with Gasteiger partial charge in [-0.25, -0.2) is 4.98 Å². The number of rotatable bonds is 5. The average Bonchev–Trinajstić information content (AvgIpc) is 3.18. The van der Waals surface area contributed by atoms with Crippen molar-refractivity contribution in [3.63, 3.8) is 0 Å². The molecule has 9 rings (SSSR count). The van der Waals surface area contributed by atoms with Crippen molar-refractivity contribution in [3.8, 4) is 22.4 Å². The topological polar surface area (TPSA) is 30.0 Å². The molecular formula is C45H30NOP. The zero-order valence-corrected chi connectivity index (χ0v) is 27.0. The highest BCUT2D eigenvalue weighted by molar-refractivity contribution is 7.85. The van der Waals surface area contributed by atoms with Crippen LogP contribution in [0.5, 0.6) is 0 Å². The van der Waals surface area contributed by atoms with E-state index < -0.39 is 7.14 Å². The van der Waals surface area contributed by atoms with E-state index >= 15 is 0 Å². The molecule has 0 spiro atoms. The third kappa shape index (κ3) is 4.49. The maximum absolute atomic E-state index is 14.9. The number of hydrogen-bond donors (Lipinski definition) is 0. The number of benzene rings is 8. The van der Waals surface area contributed by atoms with Gasteiger partial charge in [-0.2, -0.15) is 0 Å². The van der Waals surface area contributed by atoms with Crippen LogP contribution in [0.1, 0.15) is 0 Å². The lowest BCUT2D eigenvalue weighted by Crippen LogP contribution is -2.24. The Hall–Kier alpha value is -5.82. The monoisotopic (exact) mass is 631 g/mol. The maximum Gasteiger partial charge on any atom is 0.171 e. The lowest BCUT2D eigenvalue weighted by atomic mass is 9.88. The molecule has 2 nitrogen and oxygen atoms in total. The van der Waals surface area contributed by atoms with Gasteiger partial charge in [-0.3, -0.25) is 0 Å². The van der Waals surface area contributed by atoms with Crippen molar-refractivity contribution in [1.82, 2.24) is 4.98 Å². The largest absolute Gasteiger partial charge is 0.309 e. The molecular weight excluding hydrogens is 601 g/mol. The number of para-hydroxylation sites is 1. The molecule has 0 aliphatic heterocycles. The Morgan fingerprint density at radius 2 is 0.854 bits per heavy atom. The molecule has 8 aromatic carbocycles. The van der Waals surface area contributed by atoms with E-state index in [1.54, 1.807) is 0 Å². The Balaban J connectivity index is 1.27. The molecule has 3 heteroatoms. The Kier molecular flexibility index (Phi) is 6.78. The third-order valence-corrected chi connectivity index (χ3v) is 12.6. The van der Waals surface area contributed by atoms with Gasteiger partial charge in [0.25, 0.3) is 0 Å². The van der Waals surface area contributed by atoms with E-state index in [0.29, 0.717) is 0 Å². The van der Waals surface area contributed by atoms with Gasteiger partial charge in [-0.1, -0.05) is 170 Å². The summed E-state index contributed by atoms with van der Waals surface area (Å²) in [6.07, 6.45) is 0. The van der Waals surface area contributed by atoms with Crippen LogP contribution in [0.2, 0.25) is 0 Å². The number of hydrogen-bond acceptors (Lipinski definition) is 2. The van der Waals surface area contributed by atoms with Crippen LogP contribution in [-0.4, -0.2) is 4.98 Å². The van der Waals surface area contributed by atoms with E-state index in [1.807, 2.05) is 72.8 Å². The molecule has 0 N–H and O–H groups in total. The smallest absolute Gasteiger partial charge is 0.171 e. The van der Waals surface area contributed by atoms with Crippen LogP contribution in [0.4, 0.5) is 0 Å². The zero-order valence-electron chi connectivity index (χ0n) is 26.1. The zero-order chi connectivity index (χ0) is 32.1. The first-order chi connectivity index (χ1) is 23.7. The fraction of sp³-hybridized carbons (Fsp3) is 0. The van der Waals surface area contributed by atoms with E-state index in [-0.39, 0.29) is 0 Å². The predicted octanol–water partition coefficient (Wildman–Crippen LogP) is 10.7. The van der Waals surface area contributed by atoms with E-state index in [2.05, 4.69) is 109 Å². The van der Waals surface area contributed by atoms with Crippen molar-refractivity contribution < 1.29 is 4.57 Å². The molecule has 0 aliphatic rings. The van der Waals surface area contributed by atoms with Gasteiger partial charge in [-0.15, -0.1) is 0 Å². The summed E-state index contributed by atoms with van der Waals surface area (Å²) in [5, 5.41) is 10.9. The highest BCUT2D eigenvalue weighted by Crippen LogP contribution is 2.45. The summed E-state index contributed by atoms with van der Waals surface area (Å²) < 4.78 is 14.9. The predicted molar refractivity (Wildman–Crippen MR) is 205 cm³/mol. The summed E-state index contributed by atoms with van der Waals surface area (Å²) in [7, 11) is -3.05. The summed E-state index contributed by atoms with van der Waals surface area (Å²) in [5.41, 5.74) is 5.29. The van der Waals surface area contributed by atoms with Gasteiger partial charge >= 0.3 is 0 Å². The van der Waals surface area contributed by atoms with Crippen molar-refractivity contribution in [2.75, 3.05) is 0 Å². The molecule has 9 aromatic rings. The number of nitrogens with zero attached hydrogens (tertiary/aromatic N) is 1. The van der Waals surface area contributed by atoms with Crippen LogP contribution in [-0.2, 0) is 4.57 Å². The fourth-order valence-electron chi connectivity index (χ4n) is 7.25. The second kappa shape index (κ2) is 11.5. The minimum atomic E-state index is -3.05. The first-order valence-electron chi connectivity index (χ1n) is 16.2. The van der Waals surface area contributed by atoms with E-state index in [1.165, 1.54) is 32.3 Å². The highest BCUT2D eigenvalue weighted by atomic mass is 31.2. The molecule has 0 aliphatic carbocycles. The van der Waals surface area contributed by atoms with Crippen LogP contribution in [0.3, 0.4) is 0 Å². The normalized spacial score (nSPS) is 11.8. The summed E-state index contributed by atoms with van der Waals surface area (Å²) in [5.74, 6) is 0. The highest BCUT2D eigenvalue weighted by Gasteiger charge is 2.29. The quantitative estimate of drug-likeness (QED) is 0.140. The average molecular weight is 632 g/mol. The maximum atomic E-state index is 14.9. The summed E-state index contributed by atoms with van der Waals surface area (Å²) in [6, 6.07) is 62.5. The van der Waals surface area contributed by atoms with Gasteiger partial charge in [0.15, 0.2) is 7.14 Å². The number of fused-ring (bicyclic) bond motifs is 8. The second-order valence-electron chi connectivity index (χ2n) is 12.2. The molecule has 1 heterocycles. The van der Waals surface area contributed by atoms with Gasteiger partial charge < -0.3 is 4.57 Å². The van der Waals surface area contributed by atoms with Crippen molar-refractivity contribution in [1.29, 1.82) is 0 Å². The van der Waals surface area contributed by atoms with Gasteiger partial charge in [0.05, 0.1) is 11.2 Å². The van der Waals surface area contributed by atoms with E-state index in [4.69, 9.17) is 4.98 Å². The molecule has 0 bridgehead atoms. The van der Waals surface area contributed by atoms with Gasteiger partial charge in [-0.05, 0) is 44.8 Å². The SMILES string of the molecule is O=P(c1ccccc1)(c1ccccc1)c1ccc(-c2ccc3c(c2)c2ccccc2c2c4ccccc4nc(-c4ccccc4)c32)cc1. The van der Waals surface area contributed by atoms with Crippen LogP contribution >= 0.6 is 7.14 Å². The minimum absolute atomic E-state index is 0.825. The molecule has 226 valence electrons.